The van der Waals surface area contributed by atoms with Crippen molar-refractivity contribution in [1.29, 1.82) is 0 Å². The monoisotopic (exact) mass is 370 g/mol. The molecular formula is C17H18ClF3N4. The number of nitrogens with zero attached hydrogens (tertiary/aromatic N) is 3. The molecule has 0 unspecified atom stereocenters. The third-order valence-electron chi connectivity index (χ3n) is 4.03. The van der Waals surface area contributed by atoms with Crippen LogP contribution >= 0.6 is 11.6 Å². The number of aryl methyl sites for hydroxylation is 1. The van der Waals surface area contributed by atoms with E-state index in [0.717, 1.165) is 37.7 Å². The molecule has 1 aliphatic rings. The second-order valence-electron chi connectivity index (χ2n) is 6.06. The van der Waals surface area contributed by atoms with Crippen LogP contribution in [-0.2, 0) is 6.18 Å². The number of benzene rings is 1. The Morgan fingerprint density at radius 3 is 2.48 bits per heavy atom. The van der Waals surface area contributed by atoms with E-state index in [0.29, 0.717) is 11.8 Å². The second-order valence-corrected chi connectivity index (χ2v) is 6.47. The number of hydrogen-bond donors (Lipinski definition) is 1. The summed E-state index contributed by atoms with van der Waals surface area (Å²) in [6.45, 7) is 3.62. The van der Waals surface area contributed by atoms with E-state index in [1.807, 2.05) is 6.92 Å². The summed E-state index contributed by atoms with van der Waals surface area (Å²) >= 11 is 5.66. The fraction of sp³-hybridized carbons (Fsp3) is 0.412. The summed E-state index contributed by atoms with van der Waals surface area (Å²) in [6, 6.07) is 5.41. The highest BCUT2D eigenvalue weighted by atomic mass is 35.5. The number of alkyl halides is 3. The summed E-state index contributed by atoms with van der Waals surface area (Å²) in [4.78, 5) is 11.0. The van der Waals surface area contributed by atoms with Gasteiger partial charge in [-0.15, -0.1) is 0 Å². The average Bonchev–Trinajstić information content (AvgIpc) is 2.56. The van der Waals surface area contributed by atoms with Crippen molar-refractivity contribution in [3.05, 3.63) is 40.5 Å². The molecule has 1 aromatic carbocycles. The van der Waals surface area contributed by atoms with Gasteiger partial charge in [-0.1, -0.05) is 11.6 Å². The van der Waals surface area contributed by atoms with E-state index in [1.165, 1.54) is 18.6 Å². The molecule has 2 aromatic rings. The Labute approximate surface area is 149 Å². The predicted molar refractivity (Wildman–Crippen MR) is 92.6 cm³/mol. The molecule has 25 heavy (non-hydrogen) atoms. The fourth-order valence-corrected chi connectivity index (χ4v) is 3.05. The SMILES string of the molecule is Cc1cc(Nc2ccc(Cl)c(C(F)(F)F)c2)nc(N2CCCCC2)n1. The minimum atomic E-state index is -4.50. The van der Waals surface area contributed by atoms with Gasteiger partial charge in [-0.05, 0) is 44.4 Å². The molecule has 0 saturated carbocycles. The highest BCUT2D eigenvalue weighted by Gasteiger charge is 2.33. The number of rotatable bonds is 3. The van der Waals surface area contributed by atoms with Crippen molar-refractivity contribution in [2.45, 2.75) is 32.4 Å². The quantitative estimate of drug-likeness (QED) is 0.807. The Hall–Kier alpha value is -2.02. The minimum absolute atomic E-state index is 0.277. The van der Waals surface area contributed by atoms with E-state index in [1.54, 1.807) is 6.07 Å². The summed E-state index contributed by atoms with van der Waals surface area (Å²) < 4.78 is 39.0. The molecule has 8 heteroatoms. The molecule has 134 valence electrons. The first-order chi connectivity index (χ1) is 11.8. The molecule has 2 heterocycles. The van der Waals surface area contributed by atoms with E-state index in [2.05, 4.69) is 20.2 Å². The minimum Gasteiger partial charge on any atom is -0.341 e. The van der Waals surface area contributed by atoms with Crippen LogP contribution in [0.1, 0.15) is 30.5 Å². The Kier molecular flexibility index (Phi) is 5.03. The molecule has 0 amide bonds. The van der Waals surface area contributed by atoms with E-state index in [-0.39, 0.29) is 10.7 Å². The molecule has 0 aliphatic carbocycles. The van der Waals surface area contributed by atoms with Crippen molar-refractivity contribution in [1.82, 2.24) is 9.97 Å². The number of anilines is 3. The third kappa shape index (κ3) is 4.34. The summed E-state index contributed by atoms with van der Waals surface area (Å²) in [5, 5.41) is 2.60. The first kappa shape index (κ1) is 17.8. The smallest absolute Gasteiger partial charge is 0.341 e. The highest BCUT2D eigenvalue weighted by Crippen LogP contribution is 2.36. The Morgan fingerprint density at radius 1 is 1.08 bits per heavy atom. The van der Waals surface area contributed by atoms with Crippen LogP contribution in [0, 0.1) is 6.92 Å². The van der Waals surface area contributed by atoms with Crippen molar-refractivity contribution in [2.24, 2.45) is 0 Å². The molecule has 0 bridgehead atoms. The molecule has 1 fully saturated rings. The zero-order valence-corrected chi connectivity index (χ0v) is 14.5. The van der Waals surface area contributed by atoms with Gasteiger partial charge in [0.05, 0.1) is 10.6 Å². The van der Waals surface area contributed by atoms with Gasteiger partial charge in [-0.25, -0.2) is 4.98 Å². The van der Waals surface area contributed by atoms with Crippen molar-refractivity contribution in [3.8, 4) is 0 Å². The Morgan fingerprint density at radius 2 is 1.80 bits per heavy atom. The van der Waals surface area contributed by atoms with E-state index < -0.39 is 11.7 Å². The number of aromatic nitrogens is 2. The van der Waals surface area contributed by atoms with Gasteiger partial charge in [0.1, 0.15) is 5.82 Å². The lowest BCUT2D eigenvalue weighted by atomic mass is 10.1. The van der Waals surface area contributed by atoms with E-state index >= 15 is 0 Å². The van der Waals surface area contributed by atoms with Gasteiger partial charge in [0.15, 0.2) is 0 Å². The summed E-state index contributed by atoms with van der Waals surface area (Å²) in [7, 11) is 0. The summed E-state index contributed by atoms with van der Waals surface area (Å²) in [5.74, 6) is 1.07. The highest BCUT2D eigenvalue weighted by molar-refractivity contribution is 6.31. The summed E-state index contributed by atoms with van der Waals surface area (Å²) in [6.07, 6.45) is -1.13. The molecule has 0 spiro atoms. The Balaban J connectivity index is 1.87. The lowest BCUT2D eigenvalue weighted by molar-refractivity contribution is -0.137. The molecule has 1 N–H and O–H groups in total. The van der Waals surface area contributed by atoms with Gasteiger partial charge < -0.3 is 10.2 Å². The fourth-order valence-electron chi connectivity index (χ4n) is 2.82. The number of hydrogen-bond acceptors (Lipinski definition) is 4. The van der Waals surface area contributed by atoms with Gasteiger partial charge in [0, 0.05) is 30.5 Å². The number of nitrogens with one attached hydrogen (secondary N) is 1. The van der Waals surface area contributed by atoms with Gasteiger partial charge in [-0.2, -0.15) is 18.2 Å². The van der Waals surface area contributed by atoms with Gasteiger partial charge in [0.25, 0.3) is 0 Å². The van der Waals surface area contributed by atoms with Gasteiger partial charge in [-0.3, -0.25) is 0 Å². The van der Waals surface area contributed by atoms with Gasteiger partial charge >= 0.3 is 6.18 Å². The first-order valence-corrected chi connectivity index (χ1v) is 8.45. The molecule has 0 atom stereocenters. The number of halogens is 4. The van der Waals surface area contributed by atoms with E-state index in [4.69, 9.17) is 11.6 Å². The van der Waals surface area contributed by atoms with Crippen LogP contribution in [0.2, 0.25) is 5.02 Å². The maximum absolute atomic E-state index is 13.0. The standard InChI is InChI=1S/C17H18ClF3N4/c1-11-9-15(24-16(22-11)25-7-3-2-4-8-25)23-12-5-6-14(18)13(10-12)17(19,20)21/h5-6,9-10H,2-4,7-8H2,1H3,(H,22,23,24). The molecule has 1 saturated heterocycles. The predicted octanol–water partition coefficient (Wildman–Crippen LogP) is 5.19. The van der Waals surface area contributed by atoms with Crippen molar-refractivity contribution in [2.75, 3.05) is 23.3 Å². The molecule has 1 aliphatic heterocycles. The van der Waals surface area contributed by atoms with Gasteiger partial charge in [0.2, 0.25) is 5.95 Å². The lowest BCUT2D eigenvalue weighted by Crippen LogP contribution is -2.31. The van der Waals surface area contributed by atoms with Crippen molar-refractivity contribution < 1.29 is 13.2 Å². The lowest BCUT2D eigenvalue weighted by Gasteiger charge is -2.27. The normalized spacial score (nSPS) is 15.3. The average molecular weight is 371 g/mol. The molecule has 0 radical (unpaired) electrons. The Bertz CT molecular complexity index is 758. The van der Waals surface area contributed by atoms with Crippen LogP contribution in [0.4, 0.5) is 30.6 Å². The number of piperidine rings is 1. The van der Waals surface area contributed by atoms with Crippen LogP contribution in [0.25, 0.3) is 0 Å². The molecule has 4 nitrogen and oxygen atoms in total. The van der Waals surface area contributed by atoms with Crippen LogP contribution in [-0.4, -0.2) is 23.1 Å². The molecule has 3 rings (SSSR count). The first-order valence-electron chi connectivity index (χ1n) is 8.07. The zero-order valence-electron chi connectivity index (χ0n) is 13.7. The summed E-state index contributed by atoms with van der Waals surface area (Å²) in [5.41, 5.74) is 0.156. The second kappa shape index (κ2) is 7.07. The maximum atomic E-state index is 13.0. The maximum Gasteiger partial charge on any atom is 0.417 e. The van der Waals surface area contributed by atoms with E-state index in [9.17, 15) is 13.2 Å². The van der Waals surface area contributed by atoms with Crippen LogP contribution in [0.3, 0.4) is 0 Å². The third-order valence-corrected chi connectivity index (χ3v) is 4.36. The van der Waals surface area contributed by atoms with Crippen LogP contribution in [0.15, 0.2) is 24.3 Å². The zero-order chi connectivity index (χ0) is 18.0. The van der Waals surface area contributed by atoms with Crippen LogP contribution < -0.4 is 10.2 Å². The molecule has 1 aromatic heterocycles. The van der Waals surface area contributed by atoms with Crippen molar-refractivity contribution >= 4 is 29.1 Å². The largest absolute Gasteiger partial charge is 0.417 e. The molecular weight excluding hydrogens is 353 g/mol. The van der Waals surface area contributed by atoms with Crippen molar-refractivity contribution in [3.63, 3.8) is 0 Å². The van der Waals surface area contributed by atoms with Crippen LogP contribution in [0.5, 0.6) is 0 Å². The topological polar surface area (TPSA) is 41.1 Å².